The molecular weight excluding hydrogens is 478 g/mol. The Bertz CT molecular complexity index is 1180. The summed E-state index contributed by atoms with van der Waals surface area (Å²) in [6.07, 6.45) is 3.53. The van der Waals surface area contributed by atoms with Crippen LogP contribution in [-0.4, -0.2) is 67.1 Å². The number of ketones is 1. The standard InChI is InChI=1S/C27H30ClN5O3/c1-32(24-7-4-14-30-31-24)18-19-12-15-33(16-13-19)25(34)17-29-23-6-3-5-22(26(23)28)27(35)20-8-10-21(36-2)11-9-20/h3-11,14,19,29H,12-13,15-18H2,1-2H3. The van der Waals surface area contributed by atoms with Gasteiger partial charge in [-0.3, -0.25) is 9.59 Å². The maximum absolute atomic E-state index is 13.0. The van der Waals surface area contributed by atoms with Crippen molar-refractivity contribution in [2.75, 3.05) is 50.6 Å². The molecule has 1 amide bonds. The minimum absolute atomic E-state index is 0.0127. The zero-order valence-corrected chi connectivity index (χ0v) is 21.2. The number of piperidine rings is 1. The molecule has 1 aromatic heterocycles. The summed E-state index contributed by atoms with van der Waals surface area (Å²) in [7, 11) is 3.59. The molecule has 4 rings (SSSR count). The molecule has 1 fully saturated rings. The highest BCUT2D eigenvalue weighted by Gasteiger charge is 2.24. The molecule has 0 unspecified atom stereocenters. The van der Waals surface area contributed by atoms with E-state index >= 15 is 0 Å². The quantitative estimate of drug-likeness (QED) is 0.435. The number of amides is 1. The molecule has 1 N–H and O–H groups in total. The summed E-state index contributed by atoms with van der Waals surface area (Å²) in [5, 5.41) is 11.5. The van der Waals surface area contributed by atoms with Crippen LogP contribution in [0.1, 0.15) is 28.8 Å². The third kappa shape index (κ3) is 6.12. The lowest BCUT2D eigenvalue weighted by molar-refractivity contribution is -0.130. The van der Waals surface area contributed by atoms with Crippen LogP contribution < -0.4 is 15.0 Å². The molecule has 188 valence electrons. The molecule has 9 heteroatoms. The van der Waals surface area contributed by atoms with E-state index in [0.717, 1.165) is 25.2 Å². The molecule has 0 spiro atoms. The molecule has 8 nitrogen and oxygen atoms in total. The first-order chi connectivity index (χ1) is 17.5. The van der Waals surface area contributed by atoms with Crippen molar-refractivity contribution in [1.82, 2.24) is 15.1 Å². The van der Waals surface area contributed by atoms with E-state index < -0.39 is 0 Å². The largest absolute Gasteiger partial charge is 0.497 e. The summed E-state index contributed by atoms with van der Waals surface area (Å²) >= 11 is 6.55. The zero-order chi connectivity index (χ0) is 25.5. The van der Waals surface area contributed by atoms with Crippen LogP contribution in [0.2, 0.25) is 5.02 Å². The van der Waals surface area contributed by atoms with E-state index in [1.54, 1.807) is 55.8 Å². The number of carbonyl (C=O) groups is 2. The number of nitrogens with one attached hydrogen (secondary N) is 1. The predicted octanol–water partition coefficient (Wildman–Crippen LogP) is 4.16. The van der Waals surface area contributed by atoms with Gasteiger partial charge in [0.15, 0.2) is 11.6 Å². The normalized spacial score (nSPS) is 13.8. The Kier molecular flexibility index (Phi) is 8.38. The monoisotopic (exact) mass is 507 g/mol. The Hall–Kier alpha value is -3.65. The van der Waals surface area contributed by atoms with Gasteiger partial charge in [-0.25, -0.2) is 0 Å². The topological polar surface area (TPSA) is 87.7 Å². The molecule has 2 heterocycles. The number of halogens is 1. The summed E-state index contributed by atoms with van der Waals surface area (Å²) in [6.45, 7) is 2.42. The van der Waals surface area contributed by atoms with Crippen LogP contribution in [0.5, 0.6) is 5.75 Å². The van der Waals surface area contributed by atoms with E-state index in [1.807, 2.05) is 24.1 Å². The molecular formula is C27H30ClN5O3. The van der Waals surface area contributed by atoms with Crippen molar-refractivity contribution in [2.45, 2.75) is 12.8 Å². The van der Waals surface area contributed by atoms with Crippen LogP contribution in [-0.2, 0) is 4.79 Å². The Morgan fingerprint density at radius 2 is 1.86 bits per heavy atom. The van der Waals surface area contributed by atoms with Gasteiger partial charge < -0.3 is 19.9 Å². The number of rotatable bonds is 9. The van der Waals surface area contributed by atoms with Crippen molar-refractivity contribution in [2.24, 2.45) is 5.92 Å². The van der Waals surface area contributed by atoms with E-state index in [-0.39, 0.29) is 18.2 Å². The van der Waals surface area contributed by atoms with E-state index in [0.29, 0.717) is 46.6 Å². The maximum atomic E-state index is 13.0. The van der Waals surface area contributed by atoms with Gasteiger partial charge in [-0.1, -0.05) is 17.7 Å². The molecule has 1 saturated heterocycles. The maximum Gasteiger partial charge on any atom is 0.241 e. The van der Waals surface area contributed by atoms with Gasteiger partial charge in [0.1, 0.15) is 5.75 Å². The van der Waals surface area contributed by atoms with Gasteiger partial charge in [-0.05, 0) is 67.3 Å². The molecule has 0 aliphatic carbocycles. The minimum Gasteiger partial charge on any atom is -0.497 e. The summed E-state index contributed by atoms with van der Waals surface area (Å²) in [4.78, 5) is 29.8. The predicted molar refractivity (Wildman–Crippen MR) is 141 cm³/mol. The Morgan fingerprint density at radius 3 is 2.53 bits per heavy atom. The average Bonchev–Trinajstić information content (AvgIpc) is 2.93. The molecule has 1 aliphatic heterocycles. The van der Waals surface area contributed by atoms with Crippen molar-refractivity contribution in [3.63, 3.8) is 0 Å². The first kappa shape index (κ1) is 25.4. The lowest BCUT2D eigenvalue weighted by Gasteiger charge is -2.34. The molecule has 0 atom stereocenters. The fourth-order valence-corrected chi connectivity index (χ4v) is 4.65. The van der Waals surface area contributed by atoms with Crippen molar-refractivity contribution in [1.29, 1.82) is 0 Å². The SMILES string of the molecule is COc1ccc(C(=O)c2cccc(NCC(=O)N3CCC(CN(C)c4cccnn4)CC3)c2Cl)cc1. The Labute approximate surface area is 216 Å². The van der Waals surface area contributed by atoms with Crippen LogP contribution in [0.4, 0.5) is 11.5 Å². The third-order valence-electron chi connectivity index (χ3n) is 6.47. The second-order valence-corrected chi connectivity index (χ2v) is 9.24. The highest BCUT2D eigenvalue weighted by atomic mass is 35.5. The van der Waals surface area contributed by atoms with Crippen LogP contribution in [0.3, 0.4) is 0 Å². The lowest BCUT2D eigenvalue weighted by Crippen LogP contribution is -2.43. The van der Waals surface area contributed by atoms with Crippen molar-refractivity contribution >= 4 is 34.8 Å². The second-order valence-electron chi connectivity index (χ2n) is 8.86. The van der Waals surface area contributed by atoms with Gasteiger partial charge in [0, 0.05) is 44.0 Å². The number of methoxy groups -OCH3 is 1. The summed E-state index contributed by atoms with van der Waals surface area (Å²) in [6, 6.07) is 15.9. The molecule has 2 aromatic carbocycles. The van der Waals surface area contributed by atoms with Crippen LogP contribution in [0.15, 0.2) is 60.8 Å². The average molecular weight is 508 g/mol. The van der Waals surface area contributed by atoms with Gasteiger partial charge in [-0.15, -0.1) is 5.10 Å². The zero-order valence-electron chi connectivity index (χ0n) is 20.5. The highest BCUT2D eigenvalue weighted by molar-refractivity contribution is 6.37. The number of hydrogen-bond donors (Lipinski definition) is 1. The number of nitrogens with zero attached hydrogens (tertiary/aromatic N) is 4. The number of likely N-dealkylation sites (tertiary alicyclic amines) is 1. The molecule has 0 radical (unpaired) electrons. The second kappa shape index (κ2) is 11.9. The van der Waals surface area contributed by atoms with Gasteiger partial charge in [0.25, 0.3) is 0 Å². The smallest absolute Gasteiger partial charge is 0.241 e. The van der Waals surface area contributed by atoms with Gasteiger partial charge in [0.2, 0.25) is 5.91 Å². The first-order valence-corrected chi connectivity index (χ1v) is 12.3. The van der Waals surface area contributed by atoms with Crippen LogP contribution in [0, 0.1) is 5.92 Å². The minimum atomic E-state index is -0.189. The van der Waals surface area contributed by atoms with Gasteiger partial charge in [0.05, 0.1) is 24.4 Å². The van der Waals surface area contributed by atoms with E-state index in [4.69, 9.17) is 16.3 Å². The van der Waals surface area contributed by atoms with E-state index in [9.17, 15) is 9.59 Å². The van der Waals surface area contributed by atoms with E-state index in [2.05, 4.69) is 20.4 Å². The van der Waals surface area contributed by atoms with Crippen molar-refractivity contribution in [3.8, 4) is 5.75 Å². The number of aromatic nitrogens is 2. The van der Waals surface area contributed by atoms with Crippen molar-refractivity contribution < 1.29 is 14.3 Å². The third-order valence-corrected chi connectivity index (χ3v) is 6.88. The molecule has 3 aromatic rings. The number of benzene rings is 2. The summed E-state index contributed by atoms with van der Waals surface area (Å²) in [5.74, 6) is 1.84. The van der Waals surface area contributed by atoms with E-state index in [1.165, 1.54) is 0 Å². The highest BCUT2D eigenvalue weighted by Crippen LogP contribution is 2.28. The fourth-order valence-electron chi connectivity index (χ4n) is 4.37. The Balaban J connectivity index is 1.29. The van der Waals surface area contributed by atoms with Crippen LogP contribution in [0.25, 0.3) is 0 Å². The number of anilines is 2. The molecule has 0 bridgehead atoms. The number of ether oxygens (including phenoxy) is 1. The van der Waals surface area contributed by atoms with Crippen molar-refractivity contribution in [3.05, 3.63) is 76.9 Å². The number of hydrogen-bond acceptors (Lipinski definition) is 7. The van der Waals surface area contributed by atoms with Gasteiger partial charge >= 0.3 is 0 Å². The molecule has 36 heavy (non-hydrogen) atoms. The van der Waals surface area contributed by atoms with Crippen LogP contribution >= 0.6 is 11.6 Å². The fraction of sp³-hybridized carbons (Fsp3) is 0.333. The summed E-state index contributed by atoms with van der Waals surface area (Å²) < 4.78 is 5.15. The molecule has 1 aliphatic rings. The summed E-state index contributed by atoms with van der Waals surface area (Å²) in [5.41, 5.74) is 1.45. The Morgan fingerprint density at radius 1 is 1.11 bits per heavy atom. The first-order valence-electron chi connectivity index (χ1n) is 11.9. The number of carbonyl (C=O) groups excluding carboxylic acids is 2. The lowest BCUT2D eigenvalue weighted by atomic mass is 9.96. The van der Waals surface area contributed by atoms with Gasteiger partial charge in [-0.2, -0.15) is 5.10 Å². The molecule has 0 saturated carbocycles.